The van der Waals surface area contributed by atoms with Crippen LogP contribution in [0.3, 0.4) is 0 Å². The maximum absolute atomic E-state index is 12.0. The molecule has 0 saturated heterocycles. The van der Waals surface area contributed by atoms with E-state index in [1.807, 2.05) is 37.3 Å². The molecule has 0 radical (unpaired) electrons. The maximum Gasteiger partial charge on any atom is 0.250 e. The minimum Gasteiger partial charge on any atom is -0.306 e. The normalized spacial score (nSPS) is 11.1. The van der Waals surface area contributed by atoms with Crippen LogP contribution in [0.4, 0.5) is 0 Å². The highest BCUT2D eigenvalue weighted by Crippen LogP contribution is 2.38. The lowest BCUT2D eigenvalue weighted by atomic mass is 9.98. The quantitative estimate of drug-likeness (QED) is 0.421. The molecule has 0 atom stereocenters. The molecule has 0 aliphatic carbocycles. The van der Waals surface area contributed by atoms with Crippen molar-refractivity contribution in [3.8, 4) is 27.8 Å². The number of pyridine rings is 3. The van der Waals surface area contributed by atoms with Crippen molar-refractivity contribution in [2.45, 2.75) is 6.92 Å². The molecule has 144 valence electrons. The van der Waals surface area contributed by atoms with Crippen molar-refractivity contribution in [2.75, 3.05) is 0 Å². The van der Waals surface area contributed by atoms with Gasteiger partial charge in [0.15, 0.2) is 0 Å². The number of nitrogens with zero attached hydrogens (tertiary/aromatic N) is 4. The molecule has 4 aromatic heterocycles. The van der Waals surface area contributed by atoms with Crippen molar-refractivity contribution in [3.05, 3.63) is 74.7 Å². The van der Waals surface area contributed by atoms with Crippen LogP contribution >= 0.6 is 22.9 Å². The number of rotatable bonds is 2. The third-order valence-corrected chi connectivity index (χ3v) is 5.98. The van der Waals surface area contributed by atoms with E-state index in [0.29, 0.717) is 27.3 Å². The predicted molar refractivity (Wildman–Crippen MR) is 119 cm³/mol. The van der Waals surface area contributed by atoms with E-state index in [4.69, 9.17) is 16.6 Å². The molecule has 0 unspecified atom stereocenters. The van der Waals surface area contributed by atoms with Gasteiger partial charge in [0.05, 0.1) is 31.7 Å². The monoisotopic (exact) mass is 429 g/mol. The largest absolute Gasteiger partial charge is 0.306 e. The number of nitrogens with one attached hydrogen (secondary N) is 1. The first-order valence-electron chi connectivity index (χ1n) is 8.99. The molecule has 5 rings (SSSR count). The number of benzene rings is 1. The molecule has 0 bridgehead atoms. The van der Waals surface area contributed by atoms with Crippen LogP contribution in [-0.2, 0) is 0 Å². The second-order valence-corrected chi connectivity index (χ2v) is 8.36. The number of H-pyrrole nitrogens is 1. The Bertz CT molecular complexity index is 1560. The van der Waals surface area contributed by atoms with Gasteiger partial charge in [-0.15, -0.1) is 11.3 Å². The minimum absolute atomic E-state index is 0.267. The summed E-state index contributed by atoms with van der Waals surface area (Å²) in [6.45, 7) is 1.92. The van der Waals surface area contributed by atoms with E-state index in [9.17, 15) is 10.1 Å². The molecule has 4 heterocycles. The van der Waals surface area contributed by atoms with Gasteiger partial charge in [0.2, 0.25) is 0 Å². The van der Waals surface area contributed by atoms with Gasteiger partial charge in [-0.05, 0) is 36.8 Å². The summed E-state index contributed by atoms with van der Waals surface area (Å²) in [4.78, 5) is 29.0. The molecule has 8 heteroatoms. The van der Waals surface area contributed by atoms with Gasteiger partial charge in [-0.1, -0.05) is 17.7 Å². The molecular weight excluding hydrogens is 418 g/mol. The first-order chi connectivity index (χ1) is 14.5. The molecule has 0 amide bonds. The Labute approximate surface area is 179 Å². The van der Waals surface area contributed by atoms with Gasteiger partial charge in [-0.2, -0.15) is 5.26 Å². The van der Waals surface area contributed by atoms with Crippen molar-refractivity contribution >= 4 is 44.9 Å². The maximum atomic E-state index is 12.0. The fraction of sp³-hybridized carbons (Fsp3) is 0.0455. The highest BCUT2D eigenvalue weighted by Gasteiger charge is 2.17. The number of thiazole rings is 1. The first-order valence-corrected chi connectivity index (χ1v) is 10.2. The fourth-order valence-electron chi connectivity index (χ4n) is 3.45. The molecule has 0 saturated carbocycles. The Hall–Kier alpha value is -3.60. The zero-order valence-electron chi connectivity index (χ0n) is 15.6. The highest BCUT2D eigenvalue weighted by atomic mass is 35.5. The van der Waals surface area contributed by atoms with E-state index in [0.717, 1.165) is 26.4 Å². The average Bonchev–Trinajstić information content (AvgIpc) is 3.18. The summed E-state index contributed by atoms with van der Waals surface area (Å²) in [5, 5.41) is 12.4. The molecule has 30 heavy (non-hydrogen) atoms. The number of hydrogen-bond acceptors (Lipinski definition) is 6. The number of aromatic amines is 1. The van der Waals surface area contributed by atoms with Crippen LogP contribution < -0.4 is 5.56 Å². The topological polar surface area (TPSA) is 95.3 Å². The van der Waals surface area contributed by atoms with Crippen LogP contribution in [0.2, 0.25) is 5.02 Å². The fourth-order valence-corrected chi connectivity index (χ4v) is 4.51. The van der Waals surface area contributed by atoms with E-state index < -0.39 is 0 Å². The number of hydrogen-bond donors (Lipinski definition) is 1. The van der Waals surface area contributed by atoms with Crippen LogP contribution in [0.1, 0.15) is 10.6 Å². The highest BCUT2D eigenvalue weighted by molar-refractivity contribution is 7.15. The van der Waals surface area contributed by atoms with Crippen molar-refractivity contribution in [1.29, 1.82) is 5.26 Å². The molecule has 1 N–H and O–H groups in total. The molecule has 1 aromatic carbocycles. The minimum atomic E-state index is -0.370. The van der Waals surface area contributed by atoms with Gasteiger partial charge in [-0.25, -0.2) is 9.97 Å². The lowest BCUT2D eigenvalue weighted by Crippen LogP contribution is -2.07. The van der Waals surface area contributed by atoms with Crippen LogP contribution in [0.25, 0.3) is 43.6 Å². The van der Waals surface area contributed by atoms with Gasteiger partial charge in [0.1, 0.15) is 11.7 Å². The zero-order chi connectivity index (χ0) is 20.8. The summed E-state index contributed by atoms with van der Waals surface area (Å²) < 4.78 is 0. The molecule has 0 fully saturated rings. The molecular formula is C22H12ClN5OS. The van der Waals surface area contributed by atoms with Gasteiger partial charge in [-0.3, -0.25) is 9.78 Å². The summed E-state index contributed by atoms with van der Waals surface area (Å²) in [6, 6.07) is 12.9. The molecule has 5 aromatic rings. The van der Waals surface area contributed by atoms with Gasteiger partial charge in [0, 0.05) is 34.8 Å². The predicted octanol–water partition coefficient (Wildman–Crippen LogP) is 5.10. The number of halogens is 1. The Morgan fingerprint density at radius 1 is 1.20 bits per heavy atom. The summed E-state index contributed by atoms with van der Waals surface area (Å²) >= 11 is 8.02. The van der Waals surface area contributed by atoms with Crippen LogP contribution in [-0.4, -0.2) is 19.9 Å². The number of aromatic nitrogens is 4. The van der Waals surface area contributed by atoms with Crippen molar-refractivity contribution in [1.82, 2.24) is 19.9 Å². The summed E-state index contributed by atoms with van der Waals surface area (Å²) in [6.07, 6.45) is 3.46. The molecule has 6 nitrogen and oxygen atoms in total. The average molecular weight is 430 g/mol. The lowest BCUT2D eigenvalue weighted by molar-refractivity contribution is 1.23. The standard InChI is InChI=1S/C22H12ClN5OS/c1-11-26-10-18(30-11)21-15(8-16-14(9-24)7-19(29)27-22(16)28-21)13-5-12-3-2-4-25-20(12)17(23)6-13/h2-8,10H,1H3,(H,27,28,29). The SMILES string of the molecule is Cc1ncc(-c2nc3[nH]c(=O)cc(C#N)c3cc2-c2cc(Cl)c3ncccc3c2)s1. The lowest BCUT2D eigenvalue weighted by Gasteiger charge is -2.12. The van der Waals surface area contributed by atoms with Crippen molar-refractivity contribution in [2.24, 2.45) is 0 Å². The third kappa shape index (κ3) is 3.03. The van der Waals surface area contributed by atoms with Crippen LogP contribution in [0.15, 0.2) is 53.6 Å². The van der Waals surface area contributed by atoms with E-state index in [1.165, 1.54) is 17.4 Å². The Balaban J connectivity index is 1.89. The molecule has 0 aliphatic rings. The Morgan fingerprint density at radius 3 is 2.83 bits per heavy atom. The summed E-state index contributed by atoms with van der Waals surface area (Å²) in [5.74, 6) is 0. The molecule has 0 aliphatic heterocycles. The van der Waals surface area contributed by atoms with Gasteiger partial charge < -0.3 is 4.98 Å². The van der Waals surface area contributed by atoms with E-state index in [2.05, 4.69) is 21.0 Å². The first kappa shape index (κ1) is 18.4. The van der Waals surface area contributed by atoms with Crippen molar-refractivity contribution < 1.29 is 0 Å². The van der Waals surface area contributed by atoms with E-state index in [-0.39, 0.29) is 11.1 Å². The van der Waals surface area contributed by atoms with Gasteiger partial charge >= 0.3 is 0 Å². The van der Waals surface area contributed by atoms with E-state index in [1.54, 1.807) is 12.4 Å². The zero-order valence-corrected chi connectivity index (χ0v) is 17.2. The number of aryl methyl sites for hydroxylation is 1. The Morgan fingerprint density at radius 2 is 2.07 bits per heavy atom. The van der Waals surface area contributed by atoms with E-state index >= 15 is 0 Å². The second-order valence-electron chi connectivity index (χ2n) is 6.72. The second kappa shape index (κ2) is 7.02. The van der Waals surface area contributed by atoms with Crippen molar-refractivity contribution in [3.63, 3.8) is 0 Å². The number of fused-ring (bicyclic) bond motifs is 2. The molecule has 0 spiro atoms. The van der Waals surface area contributed by atoms with Crippen LogP contribution in [0, 0.1) is 18.3 Å². The van der Waals surface area contributed by atoms with Crippen LogP contribution in [0.5, 0.6) is 0 Å². The van der Waals surface area contributed by atoms with Gasteiger partial charge in [0.25, 0.3) is 5.56 Å². The Kier molecular flexibility index (Phi) is 4.31. The summed E-state index contributed by atoms with van der Waals surface area (Å²) in [5.41, 5.74) is 3.27. The smallest absolute Gasteiger partial charge is 0.250 e. The number of nitriles is 1. The summed E-state index contributed by atoms with van der Waals surface area (Å²) in [7, 11) is 0. The third-order valence-electron chi connectivity index (χ3n) is 4.77.